The van der Waals surface area contributed by atoms with Crippen LogP contribution < -0.4 is 10.2 Å². The predicted octanol–water partition coefficient (Wildman–Crippen LogP) is 3.73. The molecule has 1 aliphatic rings. The number of rotatable bonds is 1. The van der Waals surface area contributed by atoms with E-state index >= 15 is 0 Å². The van der Waals surface area contributed by atoms with Crippen LogP contribution in [0.5, 0.6) is 0 Å². The number of nitrogens with zero attached hydrogens (tertiary/aromatic N) is 2. The first-order chi connectivity index (χ1) is 10.7. The first-order valence-electron chi connectivity index (χ1n) is 7.22. The molecule has 5 nitrogen and oxygen atoms in total. The molecular formula is C17H15N3O2. The van der Waals surface area contributed by atoms with E-state index in [9.17, 15) is 4.79 Å². The van der Waals surface area contributed by atoms with Gasteiger partial charge in [0.05, 0.1) is 11.9 Å². The summed E-state index contributed by atoms with van der Waals surface area (Å²) in [6.45, 7) is 2.60. The van der Waals surface area contributed by atoms with Crippen molar-refractivity contribution in [2.45, 2.75) is 13.3 Å². The molecule has 5 heteroatoms. The van der Waals surface area contributed by atoms with Crippen LogP contribution in [-0.4, -0.2) is 17.6 Å². The molecule has 110 valence electrons. The van der Waals surface area contributed by atoms with Crippen molar-refractivity contribution in [3.63, 3.8) is 0 Å². The summed E-state index contributed by atoms with van der Waals surface area (Å²) in [4.78, 5) is 18.3. The number of urea groups is 1. The van der Waals surface area contributed by atoms with Crippen LogP contribution in [0.15, 0.2) is 47.1 Å². The quantitative estimate of drug-likeness (QED) is 0.743. The number of aryl methyl sites for hydroxylation is 1. The molecule has 0 aliphatic carbocycles. The van der Waals surface area contributed by atoms with E-state index in [0.29, 0.717) is 12.2 Å². The van der Waals surface area contributed by atoms with Gasteiger partial charge < -0.3 is 9.73 Å². The fourth-order valence-electron chi connectivity index (χ4n) is 2.89. The number of amides is 2. The van der Waals surface area contributed by atoms with E-state index < -0.39 is 0 Å². The lowest BCUT2D eigenvalue weighted by Gasteiger charge is -2.18. The number of benzene rings is 1. The summed E-state index contributed by atoms with van der Waals surface area (Å²) in [7, 11) is 0. The molecule has 2 amide bonds. The Bertz CT molecular complexity index is 855. The Kier molecular flexibility index (Phi) is 2.85. The van der Waals surface area contributed by atoms with Gasteiger partial charge in [-0.1, -0.05) is 0 Å². The van der Waals surface area contributed by atoms with Crippen LogP contribution in [0.3, 0.4) is 0 Å². The van der Waals surface area contributed by atoms with Crippen LogP contribution in [0.4, 0.5) is 16.2 Å². The van der Waals surface area contributed by atoms with Crippen molar-refractivity contribution in [3.8, 4) is 0 Å². The van der Waals surface area contributed by atoms with Gasteiger partial charge in [-0.25, -0.2) is 4.79 Å². The second-order valence-corrected chi connectivity index (χ2v) is 5.45. The maximum absolute atomic E-state index is 12.5. The van der Waals surface area contributed by atoms with E-state index in [4.69, 9.17) is 4.42 Å². The number of anilines is 2. The minimum atomic E-state index is -0.133. The highest BCUT2D eigenvalue weighted by atomic mass is 16.3. The summed E-state index contributed by atoms with van der Waals surface area (Å²) in [5.74, 6) is 0.880. The lowest BCUT2D eigenvalue weighted by molar-refractivity contribution is 0.257. The van der Waals surface area contributed by atoms with Crippen LogP contribution in [0.2, 0.25) is 0 Å². The highest BCUT2D eigenvalue weighted by molar-refractivity contribution is 6.04. The Balaban J connectivity index is 1.66. The lowest BCUT2D eigenvalue weighted by Crippen LogP contribution is -2.33. The highest BCUT2D eigenvalue weighted by Gasteiger charge is 2.25. The summed E-state index contributed by atoms with van der Waals surface area (Å²) in [6, 6.07) is 9.54. The molecule has 2 aromatic heterocycles. The second-order valence-electron chi connectivity index (χ2n) is 5.45. The molecule has 0 radical (unpaired) electrons. The van der Waals surface area contributed by atoms with Crippen molar-refractivity contribution < 1.29 is 9.21 Å². The Labute approximate surface area is 127 Å². The van der Waals surface area contributed by atoms with Gasteiger partial charge in [0.2, 0.25) is 0 Å². The summed E-state index contributed by atoms with van der Waals surface area (Å²) in [6.07, 6.45) is 4.15. The third-order valence-corrected chi connectivity index (χ3v) is 3.89. The number of hydrogen-bond acceptors (Lipinski definition) is 3. The minimum absolute atomic E-state index is 0.133. The summed E-state index contributed by atoms with van der Waals surface area (Å²) >= 11 is 0. The number of carbonyl (C=O) groups excluding carboxylic acids is 1. The van der Waals surface area contributed by atoms with Crippen molar-refractivity contribution in [2.24, 2.45) is 0 Å². The van der Waals surface area contributed by atoms with Gasteiger partial charge in [0.25, 0.3) is 0 Å². The molecule has 4 rings (SSSR count). The fraction of sp³-hybridized carbons (Fsp3) is 0.176. The molecule has 0 saturated carbocycles. The van der Waals surface area contributed by atoms with Gasteiger partial charge in [-0.2, -0.15) is 0 Å². The summed E-state index contributed by atoms with van der Waals surface area (Å²) < 4.78 is 5.66. The van der Waals surface area contributed by atoms with Gasteiger partial charge in [-0.15, -0.1) is 0 Å². The van der Waals surface area contributed by atoms with Crippen LogP contribution in [0.1, 0.15) is 11.3 Å². The molecule has 3 heterocycles. The molecule has 0 saturated heterocycles. The first-order valence-corrected chi connectivity index (χ1v) is 7.22. The van der Waals surface area contributed by atoms with Crippen LogP contribution >= 0.6 is 0 Å². The molecule has 0 fully saturated rings. The van der Waals surface area contributed by atoms with Crippen LogP contribution in [-0.2, 0) is 6.42 Å². The molecule has 0 unspecified atom stereocenters. The van der Waals surface area contributed by atoms with Crippen molar-refractivity contribution in [3.05, 3.63) is 54.0 Å². The van der Waals surface area contributed by atoms with Crippen LogP contribution in [0, 0.1) is 6.92 Å². The van der Waals surface area contributed by atoms with Gasteiger partial charge in [-0.3, -0.25) is 9.88 Å². The van der Waals surface area contributed by atoms with E-state index in [-0.39, 0.29) is 6.03 Å². The normalized spacial score (nSPS) is 13.4. The molecule has 1 N–H and O–H groups in total. The zero-order valence-electron chi connectivity index (χ0n) is 12.2. The van der Waals surface area contributed by atoms with Crippen molar-refractivity contribution in [1.29, 1.82) is 0 Å². The Morgan fingerprint density at radius 1 is 1.36 bits per heavy atom. The van der Waals surface area contributed by atoms with Crippen molar-refractivity contribution in [1.82, 2.24) is 4.98 Å². The fourth-order valence-corrected chi connectivity index (χ4v) is 2.89. The molecule has 3 aromatic rings. The average Bonchev–Trinajstić information content (AvgIpc) is 3.07. The Hall–Kier alpha value is -2.82. The van der Waals surface area contributed by atoms with E-state index in [1.807, 2.05) is 31.2 Å². The molecule has 0 bridgehead atoms. The standard InChI is InChI=1S/C17H15N3O2/c1-11-7-13-8-15-12(9-16(13)22-11)4-6-20(15)17(21)19-14-3-2-5-18-10-14/h2-3,5,7-10H,4,6H2,1H3,(H,19,21). The number of carbonyl (C=O) groups is 1. The molecule has 1 aromatic carbocycles. The average molecular weight is 293 g/mol. The molecular weight excluding hydrogens is 278 g/mol. The van der Waals surface area contributed by atoms with E-state index in [1.54, 1.807) is 23.4 Å². The van der Waals surface area contributed by atoms with Gasteiger partial charge in [0.1, 0.15) is 11.3 Å². The zero-order chi connectivity index (χ0) is 15.1. The van der Waals surface area contributed by atoms with E-state index in [1.165, 1.54) is 0 Å². The number of fused-ring (bicyclic) bond motifs is 2. The number of aromatic nitrogens is 1. The Morgan fingerprint density at radius 3 is 3.09 bits per heavy atom. The van der Waals surface area contributed by atoms with E-state index in [0.717, 1.165) is 34.4 Å². The number of nitrogens with one attached hydrogen (secondary N) is 1. The first kappa shape index (κ1) is 12.9. The van der Waals surface area contributed by atoms with Gasteiger partial charge in [0.15, 0.2) is 0 Å². The largest absolute Gasteiger partial charge is 0.461 e. The topological polar surface area (TPSA) is 58.4 Å². The van der Waals surface area contributed by atoms with Crippen molar-refractivity contribution >= 4 is 28.4 Å². The zero-order valence-corrected chi connectivity index (χ0v) is 12.2. The monoisotopic (exact) mass is 293 g/mol. The SMILES string of the molecule is Cc1cc2cc3c(cc2o1)CCN3C(=O)Nc1cccnc1. The highest BCUT2D eigenvalue weighted by Crippen LogP contribution is 2.34. The summed E-state index contributed by atoms with van der Waals surface area (Å²) in [5.41, 5.74) is 3.67. The summed E-state index contributed by atoms with van der Waals surface area (Å²) in [5, 5.41) is 3.90. The third-order valence-electron chi connectivity index (χ3n) is 3.89. The van der Waals surface area contributed by atoms with Crippen molar-refractivity contribution in [2.75, 3.05) is 16.8 Å². The molecule has 22 heavy (non-hydrogen) atoms. The number of hydrogen-bond donors (Lipinski definition) is 1. The smallest absolute Gasteiger partial charge is 0.326 e. The number of pyridine rings is 1. The molecule has 0 spiro atoms. The van der Waals surface area contributed by atoms with Gasteiger partial charge >= 0.3 is 6.03 Å². The third kappa shape index (κ3) is 2.11. The van der Waals surface area contributed by atoms with Gasteiger partial charge in [-0.05, 0) is 49.2 Å². The van der Waals surface area contributed by atoms with Gasteiger partial charge in [0, 0.05) is 23.8 Å². The molecule has 1 aliphatic heterocycles. The predicted molar refractivity (Wildman–Crippen MR) is 85.3 cm³/mol. The second kappa shape index (κ2) is 4.87. The van der Waals surface area contributed by atoms with Crippen LogP contribution in [0.25, 0.3) is 11.0 Å². The van der Waals surface area contributed by atoms with E-state index in [2.05, 4.69) is 10.3 Å². The minimum Gasteiger partial charge on any atom is -0.461 e. The maximum atomic E-state index is 12.5. The maximum Gasteiger partial charge on any atom is 0.326 e. The lowest BCUT2D eigenvalue weighted by atomic mass is 10.1. The Morgan fingerprint density at radius 2 is 2.27 bits per heavy atom. The molecule has 0 atom stereocenters. The number of furan rings is 1.